The summed E-state index contributed by atoms with van der Waals surface area (Å²) in [4.78, 5) is 10.6. The molecule has 0 saturated heterocycles. The highest BCUT2D eigenvalue weighted by atomic mass is 35.5. The second kappa shape index (κ2) is 4.42. The third-order valence-corrected chi connectivity index (χ3v) is 2.32. The van der Waals surface area contributed by atoms with E-state index in [2.05, 4.69) is 0 Å². The van der Waals surface area contributed by atoms with Crippen molar-refractivity contribution in [3.05, 3.63) is 28.3 Å². The fourth-order valence-electron chi connectivity index (χ4n) is 1.20. The summed E-state index contributed by atoms with van der Waals surface area (Å²) >= 11 is 5.48. The fourth-order valence-corrected chi connectivity index (χ4v) is 1.53. The van der Waals surface area contributed by atoms with E-state index in [1.54, 1.807) is 0 Å². The third-order valence-electron chi connectivity index (χ3n) is 2.01. The van der Waals surface area contributed by atoms with Gasteiger partial charge in [-0.3, -0.25) is 4.79 Å². The Labute approximate surface area is 98.4 Å². The summed E-state index contributed by atoms with van der Waals surface area (Å²) in [5.41, 5.74) is 3.54. The van der Waals surface area contributed by atoms with Gasteiger partial charge in [0.05, 0.1) is 10.6 Å². The van der Waals surface area contributed by atoms with E-state index in [9.17, 15) is 23.1 Å². The van der Waals surface area contributed by atoms with Gasteiger partial charge in [0.1, 0.15) is 11.8 Å². The quantitative estimate of drug-likeness (QED) is 0.768. The maximum absolute atomic E-state index is 12.3. The van der Waals surface area contributed by atoms with Crippen LogP contribution in [-0.4, -0.2) is 16.2 Å². The van der Waals surface area contributed by atoms with E-state index >= 15 is 0 Å². The highest BCUT2D eigenvalue weighted by Crippen LogP contribution is 2.38. The van der Waals surface area contributed by atoms with Crippen LogP contribution in [0.5, 0.6) is 5.75 Å². The van der Waals surface area contributed by atoms with Crippen LogP contribution in [0.15, 0.2) is 12.1 Å². The van der Waals surface area contributed by atoms with E-state index in [1.807, 2.05) is 0 Å². The number of carbonyl (C=O) groups is 1. The van der Waals surface area contributed by atoms with Crippen molar-refractivity contribution in [1.29, 1.82) is 0 Å². The van der Waals surface area contributed by atoms with Crippen LogP contribution in [0.3, 0.4) is 0 Å². The first-order valence-electron chi connectivity index (χ1n) is 4.22. The van der Waals surface area contributed by atoms with Gasteiger partial charge < -0.3 is 15.9 Å². The molecular weight excluding hydrogens is 263 g/mol. The molecule has 1 unspecified atom stereocenters. The van der Waals surface area contributed by atoms with Crippen LogP contribution in [0, 0.1) is 0 Å². The molecule has 4 nitrogen and oxygen atoms in total. The van der Waals surface area contributed by atoms with Crippen molar-refractivity contribution in [2.45, 2.75) is 12.2 Å². The Bertz CT molecular complexity index is 438. The van der Waals surface area contributed by atoms with Gasteiger partial charge >= 0.3 is 12.1 Å². The second-order valence-electron chi connectivity index (χ2n) is 3.20. The van der Waals surface area contributed by atoms with Gasteiger partial charge in [-0.15, -0.1) is 0 Å². The number of rotatable bonds is 2. The molecular formula is C9H7ClF3NO3. The van der Waals surface area contributed by atoms with Gasteiger partial charge in [-0.25, -0.2) is 0 Å². The van der Waals surface area contributed by atoms with Crippen molar-refractivity contribution in [3.63, 3.8) is 0 Å². The number of phenols is 1. The minimum absolute atomic E-state index is 0.379. The standard InChI is InChI=1S/C9H7ClF3NO3/c10-4-1-3(9(11,12)13)2-5(15)6(4)7(14)8(16)17/h1-2,7,15H,14H2,(H,16,17). The molecule has 0 saturated carbocycles. The number of carboxylic acids is 1. The SMILES string of the molecule is NC(C(=O)O)c1c(O)cc(C(F)(F)F)cc1Cl. The van der Waals surface area contributed by atoms with Crippen LogP contribution in [0.4, 0.5) is 13.2 Å². The van der Waals surface area contributed by atoms with Crippen molar-refractivity contribution in [3.8, 4) is 5.75 Å². The van der Waals surface area contributed by atoms with Gasteiger partial charge in [0.25, 0.3) is 0 Å². The first-order valence-corrected chi connectivity index (χ1v) is 4.60. The van der Waals surface area contributed by atoms with Crippen LogP contribution in [0.1, 0.15) is 17.2 Å². The molecule has 0 aromatic heterocycles. The van der Waals surface area contributed by atoms with Gasteiger partial charge in [-0.1, -0.05) is 11.6 Å². The predicted molar refractivity (Wildman–Crippen MR) is 52.7 cm³/mol. The average Bonchev–Trinajstić information content (AvgIpc) is 2.14. The largest absolute Gasteiger partial charge is 0.508 e. The van der Waals surface area contributed by atoms with Crippen LogP contribution < -0.4 is 5.73 Å². The minimum atomic E-state index is -4.69. The van der Waals surface area contributed by atoms with E-state index in [-0.39, 0.29) is 0 Å². The zero-order chi connectivity index (χ0) is 13.4. The Morgan fingerprint density at radius 2 is 1.94 bits per heavy atom. The lowest BCUT2D eigenvalue weighted by Gasteiger charge is -2.14. The lowest BCUT2D eigenvalue weighted by Crippen LogP contribution is -2.21. The number of hydrogen-bond acceptors (Lipinski definition) is 3. The van der Waals surface area contributed by atoms with Crippen molar-refractivity contribution < 1.29 is 28.2 Å². The molecule has 1 rings (SSSR count). The molecule has 0 radical (unpaired) electrons. The molecule has 1 aromatic rings. The number of hydrogen-bond donors (Lipinski definition) is 3. The number of carboxylic acid groups (broad SMARTS) is 1. The average molecular weight is 270 g/mol. The number of alkyl halides is 3. The van der Waals surface area contributed by atoms with Crippen LogP contribution >= 0.6 is 11.6 Å². The first kappa shape index (κ1) is 13.6. The molecule has 0 aliphatic rings. The van der Waals surface area contributed by atoms with Crippen molar-refractivity contribution in [2.75, 3.05) is 0 Å². The van der Waals surface area contributed by atoms with Gasteiger partial charge in [0.2, 0.25) is 0 Å². The Morgan fingerprint density at radius 3 is 2.29 bits per heavy atom. The fraction of sp³-hybridized carbons (Fsp3) is 0.222. The lowest BCUT2D eigenvalue weighted by atomic mass is 10.0. The molecule has 0 bridgehead atoms. The van der Waals surface area contributed by atoms with Gasteiger partial charge in [0.15, 0.2) is 0 Å². The minimum Gasteiger partial charge on any atom is -0.508 e. The maximum atomic E-state index is 12.3. The van der Waals surface area contributed by atoms with E-state index in [0.717, 1.165) is 0 Å². The van der Waals surface area contributed by atoms with E-state index < -0.39 is 40.1 Å². The Balaban J connectivity index is 3.34. The first-order chi connectivity index (χ1) is 7.64. The molecule has 0 amide bonds. The molecule has 94 valence electrons. The van der Waals surface area contributed by atoms with E-state index in [0.29, 0.717) is 12.1 Å². The second-order valence-corrected chi connectivity index (χ2v) is 3.61. The van der Waals surface area contributed by atoms with E-state index in [1.165, 1.54) is 0 Å². The summed E-state index contributed by atoms with van der Waals surface area (Å²) in [6.45, 7) is 0. The number of aromatic hydroxyl groups is 1. The smallest absolute Gasteiger partial charge is 0.416 e. The summed E-state index contributed by atoms with van der Waals surface area (Å²) in [7, 11) is 0. The topological polar surface area (TPSA) is 83.6 Å². The van der Waals surface area contributed by atoms with Crippen LogP contribution in [0.2, 0.25) is 5.02 Å². The molecule has 8 heteroatoms. The predicted octanol–water partition coefficient (Wildman–Crippen LogP) is 2.15. The van der Waals surface area contributed by atoms with Crippen LogP contribution in [0.25, 0.3) is 0 Å². The summed E-state index contributed by atoms with van der Waals surface area (Å²) in [5.74, 6) is -2.42. The number of aliphatic carboxylic acids is 1. The van der Waals surface area contributed by atoms with Crippen molar-refractivity contribution in [1.82, 2.24) is 0 Å². The summed E-state index contributed by atoms with van der Waals surface area (Å²) < 4.78 is 37.0. The number of phenolic OH excluding ortho intramolecular Hbond substituents is 1. The zero-order valence-electron chi connectivity index (χ0n) is 8.12. The van der Waals surface area contributed by atoms with Gasteiger partial charge in [0, 0.05) is 5.56 Å². The third kappa shape index (κ3) is 2.80. The zero-order valence-corrected chi connectivity index (χ0v) is 8.88. The molecule has 0 aliphatic heterocycles. The molecule has 0 aliphatic carbocycles. The van der Waals surface area contributed by atoms with Crippen LogP contribution in [-0.2, 0) is 11.0 Å². The van der Waals surface area contributed by atoms with Gasteiger partial charge in [-0.2, -0.15) is 13.2 Å². The monoisotopic (exact) mass is 269 g/mol. The molecule has 1 aromatic carbocycles. The maximum Gasteiger partial charge on any atom is 0.416 e. The number of benzene rings is 1. The molecule has 4 N–H and O–H groups in total. The molecule has 17 heavy (non-hydrogen) atoms. The highest BCUT2D eigenvalue weighted by Gasteiger charge is 2.33. The summed E-state index contributed by atoms with van der Waals surface area (Å²) in [6.07, 6.45) is -4.69. The summed E-state index contributed by atoms with van der Waals surface area (Å²) in [6, 6.07) is -0.798. The Morgan fingerprint density at radius 1 is 1.41 bits per heavy atom. The normalized spacial score (nSPS) is 13.5. The lowest BCUT2D eigenvalue weighted by molar-refractivity contribution is -0.138. The summed E-state index contributed by atoms with van der Waals surface area (Å²) in [5, 5.41) is 17.4. The van der Waals surface area contributed by atoms with Crippen molar-refractivity contribution in [2.24, 2.45) is 5.73 Å². The Hall–Kier alpha value is -1.47. The molecule has 0 spiro atoms. The number of halogens is 4. The van der Waals surface area contributed by atoms with E-state index in [4.69, 9.17) is 22.4 Å². The number of nitrogens with two attached hydrogens (primary N) is 1. The molecule has 1 atom stereocenters. The Kier molecular flexibility index (Phi) is 3.53. The van der Waals surface area contributed by atoms with Crippen molar-refractivity contribution >= 4 is 17.6 Å². The molecule has 0 heterocycles. The van der Waals surface area contributed by atoms with Gasteiger partial charge in [-0.05, 0) is 12.1 Å². The molecule has 0 fully saturated rings. The highest BCUT2D eigenvalue weighted by molar-refractivity contribution is 6.32.